The SMILES string of the molecule is CN1CCN(c2ccccc2C=C2C(=O)N(Cc3ccc(Cl)c(Cl)c3)c3ccccc32)CC1. The summed E-state index contributed by atoms with van der Waals surface area (Å²) in [5, 5.41) is 1.00. The van der Waals surface area contributed by atoms with Gasteiger partial charge >= 0.3 is 0 Å². The van der Waals surface area contributed by atoms with Crippen LogP contribution in [-0.2, 0) is 11.3 Å². The maximum atomic E-state index is 13.6. The standard InChI is InChI=1S/C27H25Cl2N3O/c1-30-12-14-31(15-13-30)25-8-4-2-6-20(25)17-22-21-7-3-5-9-26(21)32(27(22)33)18-19-10-11-23(28)24(29)16-19/h2-11,16-17H,12-15,18H2,1H3. The highest BCUT2D eigenvalue weighted by atomic mass is 35.5. The van der Waals surface area contributed by atoms with Gasteiger partial charge in [0.1, 0.15) is 0 Å². The monoisotopic (exact) mass is 477 g/mol. The lowest BCUT2D eigenvalue weighted by Crippen LogP contribution is -2.44. The zero-order valence-corrected chi connectivity index (χ0v) is 20.0. The van der Waals surface area contributed by atoms with Crippen LogP contribution in [0.3, 0.4) is 0 Å². The summed E-state index contributed by atoms with van der Waals surface area (Å²) in [6.07, 6.45) is 2.05. The molecule has 0 aromatic heterocycles. The van der Waals surface area contributed by atoms with Crippen molar-refractivity contribution in [2.75, 3.05) is 43.0 Å². The van der Waals surface area contributed by atoms with Crippen molar-refractivity contribution >= 4 is 52.1 Å². The number of halogens is 2. The molecule has 0 unspecified atom stereocenters. The minimum atomic E-state index is -0.00421. The minimum Gasteiger partial charge on any atom is -0.368 e. The Hall–Kier alpha value is -2.79. The van der Waals surface area contributed by atoms with Crippen molar-refractivity contribution in [2.45, 2.75) is 6.54 Å². The molecule has 1 amide bonds. The second-order valence-corrected chi connectivity index (χ2v) is 9.38. The van der Waals surface area contributed by atoms with Gasteiger partial charge < -0.3 is 14.7 Å². The number of hydrogen-bond acceptors (Lipinski definition) is 3. The number of amides is 1. The van der Waals surface area contributed by atoms with E-state index in [1.54, 1.807) is 6.07 Å². The molecule has 33 heavy (non-hydrogen) atoms. The van der Waals surface area contributed by atoms with Crippen molar-refractivity contribution in [3.63, 3.8) is 0 Å². The zero-order chi connectivity index (χ0) is 22.9. The molecule has 0 spiro atoms. The molecule has 6 heteroatoms. The van der Waals surface area contributed by atoms with E-state index < -0.39 is 0 Å². The number of para-hydroxylation sites is 2. The minimum absolute atomic E-state index is 0.00421. The fourth-order valence-electron chi connectivity index (χ4n) is 4.52. The Morgan fingerprint density at radius 1 is 0.848 bits per heavy atom. The number of nitrogens with zero attached hydrogens (tertiary/aromatic N) is 3. The lowest BCUT2D eigenvalue weighted by Gasteiger charge is -2.35. The summed E-state index contributed by atoms with van der Waals surface area (Å²) in [5.41, 5.74) is 5.76. The summed E-state index contributed by atoms with van der Waals surface area (Å²) < 4.78 is 0. The average molecular weight is 478 g/mol. The highest BCUT2D eigenvalue weighted by Gasteiger charge is 2.32. The molecule has 1 saturated heterocycles. The molecule has 0 aliphatic carbocycles. The average Bonchev–Trinajstić information content (AvgIpc) is 3.08. The summed E-state index contributed by atoms with van der Waals surface area (Å²) in [4.78, 5) is 20.2. The molecule has 168 valence electrons. The number of benzene rings is 3. The maximum absolute atomic E-state index is 13.6. The summed E-state index contributed by atoms with van der Waals surface area (Å²) in [7, 11) is 2.15. The van der Waals surface area contributed by atoms with Crippen LogP contribution in [0.4, 0.5) is 11.4 Å². The van der Waals surface area contributed by atoms with E-state index in [4.69, 9.17) is 23.2 Å². The highest BCUT2D eigenvalue weighted by molar-refractivity contribution is 6.42. The summed E-state index contributed by atoms with van der Waals surface area (Å²) in [6, 6.07) is 21.8. The largest absolute Gasteiger partial charge is 0.368 e. The number of carbonyl (C=O) groups is 1. The van der Waals surface area contributed by atoms with Crippen molar-refractivity contribution in [3.8, 4) is 0 Å². The molecule has 2 heterocycles. The zero-order valence-electron chi connectivity index (χ0n) is 18.5. The fraction of sp³-hybridized carbons (Fsp3) is 0.222. The number of piperazine rings is 1. The Morgan fingerprint density at radius 2 is 1.55 bits per heavy atom. The van der Waals surface area contributed by atoms with Crippen LogP contribution in [0.25, 0.3) is 11.6 Å². The Kier molecular flexibility index (Phi) is 6.15. The molecular formula is C27H25Cl2N3O. The van der Waals surface area contributed by atoms with E-state index in [0.29, 0.717) is 22.2 Å². The number of anilines is 2. The van der Waals surface area contributed by atoms with E-state index in [0.717, 1.165) is 48.6 Å². The number of carbonyl (C=O) groups excluding carboxylic acids is 1. The third-order valence-electron chi connectivity index (χ3n) is 6.37. The van der Waals surface area contributed by atoms with Crippen LogP contribution < -0.4 is 9.80 Å². The lowest BCUT2D eigenvalue weighted by molar-refractivity contribution is -0.113. The van der Waals surface area contributed by atoms with E-state index in [9.17, 15) is 4.79 Å². The Labute approximate surface area is 204 Å². The smallest absolute Gasteiger partial charge is 0.259 e. The normalized spacial score (nSPS) is 17.7. The number of hydrogen-bond donors (Lipinski definition) is 0. The van der Waals surface area contributed by atoms with Crippen LogP contribution in [0.2, 0.25) is 10.0 Å². The third kappa shape index (κ3) is 4.39. The van der Waals surface area contributed by atoms with Crippen LogP contribution >= 0.6 is 23.2 Å². The van der Waals surface area contributed by atoms with E-state index in [-0.39, 0.29) is 5.91 Å². The quantitative estimate of drug-likeness (QED) is 0.442. The van der Waals surface area contributed by atoms with Gasteiger partial charge in [-0.25, -0.2) is 0 Å². The molecule has 2 aliphatic heterocycles. The molecule has 3 aromatic carbocycles. The molecule has 0 saturated carbocycles. The molecule has 2 aliphatic rings. The first-order valence-corrected chi connectivity index (χ1v) is 11.9. The summed E-state index contributed by atoms with van der Waals surface area (Å²) in [6.45, 7) is 4.45. The van der Waals surface area contributed by atoms with E-state index in [1.165, 1.54) is 5.69 Å². The van der Waals surface area contributed by atoms with Crippen molar-refractivity contribution in [1.29, 1.82) is 0 Å². The number of likely N-dealkylation sites (N-methyl/N-ethyl adjacent to an activating group) is 1. The molecular weight excluding hydrogens is 453 g/mol. The van der Waals surface area contributed by atoms with Crippen LogP contribution in [0, 0.1) is 0 Å². The molecule has 0 N–H and O–H groups in total. The van der Waals surface area contributed by atoms with Gasteiger partial charge in [-0.15, -0.1) is 0 Å². The Morgan fingerprint density at radius 3 is 2.30 bits per heavy atom. The van der Waals surface area contributed by atoms with Crippen LogP contribution in [0.1, 0.15) is 16.7 Å². The van der Waals surface area contributed by atoms with Gasteiger partial charge in [-0.2, -0.15) is 0 Å². The van der Waals surface area contributed by atoms with Gasteiger partial charge in [0.25, 0.3) is 5.91 Å². The van der Waals surface area contributed by atoms with Crippen LogP contribution in [-0.4, -0.2) is 44.0 Å². The van der Waals surface area contributed by atoms with Crippen LogP contribution in [0.15, 0.2) is 66.7 Å². The first-order valence-electron chi connectivity index (χ1n) is 11.1. The second kappa shape index (κ2) is 9.22. The molecule has 3 aromatic rings. The van der Waals surface area contributed by atoms with Crippen molar-refractivity contribution in [1.82, 2.24) is 4.90 Å². The lowest BCUT2D eigenvalue weighted by atomic mass is 10.0. The van der Waals surface area contributed by atoms with Gasteiger partial charge in [0, 0.05) is 43.0 Å². The van der Waals surface area contributed by atoms with Gasteiger partial charge in [0.2, 0.25) is 0 Å². The summed E-state index contributed by atoms with van der Waals surface area (Å²) in [5.74, 6) is -0.00421. The van der Waals surface area contributed by atoms with Crippen molar-refractivity contribution in [2.24, 2.45) is 0 Å². The Balaban J connectivity index is 1.51. The van der Waals surface area contributed by atoms with E-state index in [1.807, 2.05) is 53.4 Å². The maximum Gasteiger partial charge on any atom is 0.259 e. The molecule has 4 nitrogen and oxygen atoms in total. The topological polar surface area (TPSA) is 26.8 Å². The third-order valence-corrected chi connectivity index (χ3v) is 7.10. The van der Waals surface area contributed by atoms with Gasteiger partial charge in [0.05, 0.1) is 22.3 Å². The van der Waals surface area contributed by atoms with E-state index in [2.05, 4.69) is 35.0 Å². The Bertz CT molecular complexity index is 1230. The second-order valence-electron chi connectivity index (χ2n) is 8.56. The highest BCUT2D eigenvalue weighted by Crippen LogP contribution is 2.40. The first-order chi connectivity index (χ1) is 16.0. The summed E-state index contributed by atoms with van der Waals surface area (Å²) >= 11 is 12.3. The molecule has 0 bridgehead atoms. The molecule has 5 rings (SSSR count). The van der Waals surface area contributed by atoms with Gasteiger partial charge in [0.15, 0.2) is 0 Å². The predicted octanol–water partition coefficient (Wildman–Crippen LogP) is 5.83. The van der Waals surface area contributed by atoms with Crippen molar-refractivity contribution in [3.05, 3.63) is 93.5 Å². The van der Waals surface area contributed by atoms with Gasteiger partial charge in [-0.1, -0.05) is 65.7 Å². The van der Waals surface area contributed by atoms with Gasteiger partial charge in [-0.3, -0.25) is 4.79 Å². The van der Waals surface area contributed by atoms with E-state index >= 15 is 0 Å². The van der Waals surface area contributed by atoms with Gasteiger partial charge in [-0.05, 0) is 48.5 Å². The fourth-order valence-corrected chi connectivity index (χ4v) is 4.84. The first kappa shape index (κ1) is 22.0. The van der Waals surface area contributed by atoms with Crippen molar-refractivity contribution < 1.29 is 4.79 Å². The molecule has 0 atom stereocenters. The number of fused-ring (bicyclic) bond motifs is 1. The molecule has 0 radical (unpaired) electrons. The number of rotatable bonds is 4. The predicted molar refractivity (Wildman–Crippen MR) is 138 cm³/mol. The van der Waals surface area contributed by atoms with Crippen LogP contribution in [0.5, 0.6) is 0 Å². The molecule has 1 fully saturated rings.